The molecule has 6 nitrogen and oxygen atoms in total. The molecule has 2 aliphatic heterocycles. The lowest BCUT2D eigenvalue weighted by Gasteiger charge is -2.19. The molecule has 0 saturated carbocycles. The molecule has 1 aromatic heterocycles. The fourth-order valence-electron chi connectivity index (χ4n) is 3.91. The lowest BCUT2D eigenvalue weighted by Crippen LogP contribution is -2.15. The number of rotatable bonds is 3. The second-order valence-electron chi connectivity index (χ2n) is 7.00. The number of benzene rings is 2. The minimum absolute atomic E-state index is 0.568. The number of aromatic nitrogens is 2. The molecule has 3 aromatic rings. The van der Waals surface area contributed by atoms with Crippen LogP contribution in [0.2, 0.25) is 0 Å². The molecule has 0 fully saturated rings. The minimum atomic E-state index is 0.568. The topological polar surface area (TPSA) is 57.5 Å². The number of methoxy groups -OCH3 is 1. The molecule has 5 rings (SSSR count). The number of hydrogen-bond acceptors (Lipinski definition) is 5. The summed E-state index contributed by atoms with van der Waals surface area (Å²) in [4.78, 5) is 0. The van der Waals surface area contributed by atoms with Gasteiger partial charge in [-0.25, -0.2) is 4.68 Å². The Labute approximate surface area is 164 Å². The Hall–Kier alpha value is -3.15. The summed E-state index contributed by atoms with van der Waals surface area (Å²) in [5, 5.41) is 8.60. The highest BCUT2D eigenvalue weighted by Crippen LogP contribution is 2.39. The van der Waals surface area contributed by atoms with E-state index in [0.717, 1.165) is 65.8 Å². The van der Waals surface area contributed by atoms with E-state index in [0.29, 0.717) is 13.2 Å². The number of para-hydroxylation sites is 1. The van der Waals surface area contributed by atoms with Crippen molar-refractivity contribution in [2.24, 2.45) is 0 Å². The van der Waals surface area contributed by atoms with E-state index in [4.69, 9.17) is 19.3 Å². The van der Waals surface area contributed by atoms with Crippen LogP contribution in [-0.4, -0.2) is 36.6 Å². The normalized spacial score (nSPS) is 15.3. The maximum absolute atomic E-state index is 5.78. The molecule has 0 atom stereocenters. The average Bonchev–Trinajstić information content (AvgIpc) is 2.93. The Morgan fingerprint density at radius 2 is 1.89 bits per heavy atom. The maximum atomic E-state index is 5.78. The van der Waals surface area contributed by atoms with Crippen molar-refractivity contribution >= 4 is 5.82 Å². The molecule has 2 aromatic carbocycles. The van der Waals surface area contributed by atoms with Gasteiger partial charge in [0.1, 0.15) is 30.5 Å². The number of nitrogens with one attached hydrogen (secondary N) is 1. The molecule has 0 unspecified atom stereocenters. The van der Waals surface area contributed by atoms with Gasteiger partial charge in [-0.15, -0.1) is 0 Å². The van der Waals surface area contributed by atoms with Crippen molar-refractivity contribution in [3.8, 4) is 34.2 Å². The van der Waals surface area contributed by atoms with Crippen LogP contribution in [0.25, 0.3) is 16.9 Å². The summed E-state index contributed by atoms with van der Waals surface area (Å²) in [5.74, 6) is 3.43. The molecular formula is C22H23N3O3. The van der Waals surface area contributed by atoms with Crippen LogP contribution in [0.3, 0.4) is 0 Å². The van der Waals surface area contributed by atoms with Gasteiger partial charge in [0, 0.05) is 23.7 Å². The highest BCUT2D eigenvalue weighted by Gasteiger charge is 2.24. The minimum Gasteiger partial charge on any atom is -0.496 e. The summed E-state index contributed by atoms with van der Waals surface area (Å²) in [6.07, 6.45) is 3.26. The zero-order valence-corrected chi connectivity index (χ0v) is 15.9. The molecule has 144 valence electrons. The fourth-order valence-corrected chi connectivity index (χ4v) is 3.91. The Bertz CT molecular complexity index is 1010. The van der Waals surface area contributed by atoms with Crippen molar-refractivity contribution in [2.45, 2.75) is 19.3 Å². The largest absolute Gasteiger partial charge is 0.496 e. The van der Waals surface area contributed by atoms with Crippen LogP contribution < -0.4 is 19.5 Å². The maximum Gasteiger partial charge on any atom is 0.163 e. The van der Waals surface area contributed by atoms with Crippen LogP contribution in [-0.2, 0) is 6.42 Å². The fraction of sp³-hybridized carbons (Fsp3) is 0.318. The summed E-state index contributed by atoms with van der Waals surface area (Å²) in [6.45, 7) is 2.09. The van der Waals surface area contributed by atoms with E-state index < -0.39 is 0 Å². The standard InChI is InChI=1S/C22H23N3O3/c1-26-18-8-3-2-6-16(18)21-17-7-4-5-11-23-22(17)25(24-21)15-9-10-19-20(14-15)28-13-12-27-19/h2-3,6,8-10,14,23H,4-5,7,11-13H2,1H3. The Kier molecular flexibility index (Phi) is 4.31. The van der Waals surface area contributed by atoms with Crippen LogP contribution >= 0.6 is 0 Å². The summed E-state index contributed by atoms with van der Waals surface area (Å²) in [6, 6.07) is 14.0. The molecule has 2 aliphatic rings. The lowest BCUT2D eigenvalue weighted by molar-refractivity contribution is 0.171. The molecule has 0 saturated heterocycles. The first kappa shape index (κ1) is 17.0. The molecule has 0 amide bonds. The number of ether oxygens (including phenoxy) is 3. The van der Waals surface area contributed by atoms with E-state index in [1.807, 2.05) is 41.1 Å². The summed E-state index contributed by atoms with van der Waals surface area (Å²) < 4.78 is 19.0. The smallest absolute Gasteiger partial charge is 0.163 e. The van der Waals surface area contributed by atoms with Crippen LogP contribution in [0.1, 0.15) is 18.4 Å². The second-order valence-corrected chi connectivity index (χ2v) is 7.00. The van der Waals surface area contributed by atoms with Gasteiger partial charge in [0.25, 0.3) is 0 Å². The first-order chi connectivity index (χ1) is 13.8. The van der Waals surface area contributed by atoms with Gasteiger partial charge in [0.05, 0.1) is 12.8 Å². The van der Waals surface area contributed by atoms with Gasteiger partial charge in [0.2, 0.25) is 0 Å². The SMILES string of the molecule is COc1ccccc1-c1nn(-c2ccc3c(c2)OCCO3)c2c1CCCCN2. The third-order valence-corrected chi connectivity index (χ3v) is 5.26. The van der Waals surface area contributed by atoms with Crippen molar-refractivity contribution in [3.63, 3.8) is 0 Å². The van der Waals surface area contributed by atoms with Gasteiger partial charge in [-0.05, 0) is 43.5 Å². The molecule has 0 aliphatic carbocycles. The predicted octanol–water partition coefficient (Wildman–Crippen LogP) is 4.07. The van der Waals surface area contributed by atoms with Gasteiger partial charge < -0.3 is 19.5 Å². The van der Waals surface area contributed by atoms with E-state index in [1.54, 1.807) is 7.11 Å². The third kappa shape index (κ3) is 2.85. The zero-order valence-electron chi connectivity index (χ0n) is 15.9. The highest BCUT2D eigenvalue weighted by atomic mass is 16.6. The molecule has 6 heteroatoms. The van der Waals surface area contributed by atoms with E-state index in [-0.39, 0.29) is 0 Å². The average molecular weight is 377 g/mol. The van der Waals surface area contributed by atoms with Crippen LogP contribution in [0.4, 0.5) is 5.82 Å². The number of fused-ring (bicyclic) bond motifs is 2. The van der Waals surface area contributed by atoms with E-state index in [9.17, 15) is 0 Å². The zero-order chi connectivity index (χ0) is 18.9. The third-order valence-electron chi connectivity index (χ3n) is 5.26. The molecule has 1 N–H and O–H groups in total. The van der Waals surface area contributed by atoms with Gasteiger partial charge in [0.15, 0.2) is 11.5 Å². The molecule has 3 heterocycles. The lowest BCUT2D eigenvalue weighted by atomic mass is 10.0. The van der Waals surface area contributed by atoms with Crippen molar-refractivity contribution in [3.05, 3.63) is 48.0 Å². The molecule has 0 bridgehead atoms. The van der Waals surface area contributed by atoms with Gasteiger partial charge in [-0.1, -0.05) is 12.1 Å². The van der Waals surface area contributed by atoms with Gasteiger partial charge in [-0.3, -0.25) is 0 Å². The Morgan fingerprint density at radius 1 is 1.04 bits per heavy atom. The van der Waals surface area contributed by atoms with Crippen molar-refractivity contribution in [2.75, 3.05) is 32.2 Å². The van der Waals surface area contributed by atoms with Crippen LogP contribution in [0, 0.1) is 0 Å². The monoisotopic (exact) mass is 377 g/mol. The van der Waals surface area contributed by atoms with E-state index >= 15 is 0 Å². The second kappa shape index (κ2) is 7.11. The Balaban J connectivity index is 1.68. The highest BCUT2D eigenvalue weighted by molar-refractivity contribution is 5.75. The van der Waals surface area contributed by atoms with Crippen molar-refractivity contribution in [1.29, 1.82) is 0 Å². The molecule has 28 heavy (non-hydrogen) atoms. The number of nitrogens with zero attached hydrogens (tertiary/aromatic N) is 2. The van der Waals surface area contributed by atoms with E-state index in [1.165, 1.54) is 5.56 Å². The van der Waals surface area contributed by atoms with Gasteiger partial charge in [-0.2, -0.15) is 5.10 Å². The summed E-state index contributed by atoms with van der Waals surface area (Å²) in [7, 11) is 1.70. The van der Waals surface area contributed by atoms with Crippen molar-refractivity contribution in [1.82, 2.24) is 9.78 Å². The Morgan fingerprint density at radius 3 is 2.79 bits per heavy atom. The summed E-state index contributed by atoms with van der Waals surface area (Å²) in [5.41, 5.74) is 4.17. The molecule has 0 radical (unpaired) electrons. The number of anilines is 1. The summed E-state index contributed by atoms with van der Waals surface area (Å²) >= 11 is 0. The predicted molar refractivity (Wildman–Crippen MR) is 108 cm³/mol. The van der Waals surface area contributed by atoms with Crippen LogP contribution in [0.15, 0.2) is 42.5 Å². The van der Waals surface area contributed by atoms with Gasteiger partial charge >= 0.3 is 0 Å². The van der Waals surface area contributed by atoms with E-state index in [2.05, 4.69) is 11.4 Å². The van der Waals surface area contributed by atoms with Crippen LogP contribution in [0.5, 0.6) is 17.2 Å². The first-order valence-electron chi connectivity index (χ1n) is 9.74. The molecular weight excluding hydrogens is 354 g/mol. The molecule has 0 spiro atoms. The van der Waals surface area contributed by atoms with Crippen molar-refractivity contribution < 1.29 is 14.2 Å². The number of hydrogen-bond donors (Lipinski definition) is 1. The first-order valence-corrected chi connectivity index (χ1v) is 9.74. The quantitative estimate of drug-likeness (QED) is 0.746.